The smallest absolute Gasteiger partial charge is 0.415 e. The molecule has 3 aromatic rings. The molecule has 0 bridgehead atoms. The molecule has 0 unspecified atom stereocenters. The minimum absolute atomic E-state index is 0.135. The number of benzene rings is 1. The Bertz CT molecular complexity index is 1850. The Kier molecular flexibility index (Phi) is 9.21. The maximum absolute atomic E-state index is 14.0. The summed E-state index contributed by atoms with van der Waals surface area (Å²) in [5.41, 5.74) is 2.59. The molecule has 11 nitrogen and oxygen atoms in total. The minimum atomic E-state index is -1.69. The van der Waals surface area contributed by atoms with E-state index in [2.05, 4.69) is 11.8 Å². The summed E-state index contributed by atoms with van der Waals surface area (Å²) in [4.78, 5) is 62.8. The number of carbonyl (C=O) groups excluding carboxylic acids is 3. The highest BCUT2D eigenvalue weighted by atomic mass is 16.6. The van der Waals surface area contributed by atoms with Gasteiger partial charge in [0.15, 0.2) is 0 Å². The summed E-state index contributed by atoms with van der Waals surface area (Å²) < 4.78 is 18.9. The number of cyclic esters (lactones) is 1. The van der Waals surface area contributed by atoms with E-state index in [1.165, 1.54) is 19.3 Å². The van der Waals surface area contributed by atoms with E-state index < -0.39 is 17.5 Å². The van der Waals surface area contributed by atoms with Crippen molar-refractivity contribution < 1.29 is 28.6 Å². The lowest BCUT2D eigenvalue weighted by Crippen LogP contribution is -2.48. The molecule has 6 heterocycles. The molecule has 11 heteroatoms. The zero-order chi connectivity index (χ0) is 34.3. The van der Waals surface area contributed by atoms with Crippen LogP contribution >= 0.6 is 0 Å². The molecule has 1 aromatic carbocycles. The first kappa shape index (κ1) is 33.3. The van der Waals surface area contributed by atoms with E-state index >= 15 is 0 Å². The number of esters is 2. The van der Waals surface area contributed by atoms with Gasteiger partial charge in [0.05, 0.1) is 29.0 Å². The Hall–Kier alpha value is -4.25. The number of unbranched alkanes of at least 4 members (excludes halogenated alkanes) is 1. The second kappa shape index (κ2) is 13.6. The number of likely N-dealkylation sites (tertiary alicyclic amines) is 2. The second-order valence-electron chi connectivity index (χ2n) is 13.8. The van der Waals surface area contributed by atoms with E-state index in [4.69, 9.17) is 19.2 Å². The third-order valence-electron chi connectivity index (χ3n) is 11.0. The van der Waals surface area contributed by atoms with Gasteiger partial charge in [-0.05, 0) is 87.9 Å². The number of rotatable bonds is 8. The normalized spacial score (nSPS) is 20.8. The number of amides is 1. The van der Waals surface area contributed by atoms with Crippen molar-refractivity contribution in [3.63, 3.8) is 0 Å². The predicted molar refractivity (Wildman–Crippen MR) is 183 cm³/mol. The maximum Gasteiger partial charge on any atom is 0.415 e. The van der Waals surface area contributed by atoms with Crippen LogP contribution in [0, 0.1) is 0 Å². The largest absolute Gasteiger partial charge is 0.457 e. The molecule has 2 fully saturated rings. The molecule has 4 aliphatic rings. The summed E-state index contributed by atoms with van der Waals surface area (Å²) in [6.07, 6.45) is 7.86. The SMILES string of the molecule is CCCCC(=O)O[C@]1(CC)C(=O)OCc2c1cc1n(c2=O)Cc2c-1nc1ccc(OC(=O)N3CCC(N4CCCCC4)CC3)cc1c2CC. The topological polar surface area (TPSA) is 120 Å². The van der Waals surface area contributed by atoms with Crippen LogP contribution in [0.15, 0.2) is 29.1 Å². The maximum atomic E-state index is 14.0. The first-order chi connectivity index (χ1) is 23.8. The summed E-state index contributed by atoms with van der Waals surface area (Å²) in [6, 6.07) is 7.83. The van der Waals surface area contributed by atoms with Gasteiger partial charge in [-0.15, -0.1) is 0 Å². The molecule has 49 heavy (non-hydrogen) atoms. The van der Waals surface area contributed by atoms with Crippen molar-refractivity contribution in [3.8, 4) is 17.1 Å². The van der Waals surface area contributed by atoms with Crippen LogP contribution in [0.1, 0.15) is 101 Å². The predicted octanol–water partition coefficient (Wildman–Crippen LogP) is 5.83. The Morgan fingerprint density at radius 2 is 1.78 bits per heavy atom. The van der Waals surface area contributed by atoms with Gasteiger partial charge in [0.1, 0.15) is 12.4 Å². The van der Waals surface area contributed by atoms with Crippen LogP contribution in [0.3, 0.4) is 0 Å². The zero-order valence-electron chi connectivity index (χ0n) is 28.8. The lowest BCUT2D eigenvalue weighted by Gasteiger charge is -2.39. The molecule has 0 radical (unpaired) electrons. The lowest BCUT2D eigenvalue weighted by atomic mass is 9.85. The number of aromatic nitrogens is 2. The molecule has 4 aliphatic heterocycles. The number of fused-ring (bicyclic) bond motifs is 5. The van der Waals surface area contributed by atoms with Crippen LogP contribution in [0.25, 0.3) is 22.3 Å². The van der Waals surface area contributed by atoms with Gasteiger partial charge in [-0.25, -0.2) is 14.6 Å². The van der Waals surface area contributed by atoms with Gasteiger partial charge >= 0.3 is 18.0 Å². The van der Waals surface area contributed by atoms with Crippen LogP contribution in [-0.4, -0.2) is 69.6 Å². The molecular weight excluding hydrogens is 624 g/mol. The van der Waals surface area contributed by atoms with Crippen LogP contribution in [0.5, 0.6) is 5.75 Å². The van der Waals surface area contributed by atoms with Crippen LogP contribution in [0.2, 0.25) is 0 Å². The third kappa shape index (κ3) is 5.89. The second-order valence-corrected chi connectivity index (χ2v) is 13.8. The van der Waals surface area contributed by atoms with E-state index in [0.717, 1.165) is 48.9 Å². The zero-order valence-corrected chi connectivity index (χ0v) is 28.8. The molecule has 0 saturated carbocycles. The van der Waals surface area contributed by atoms with Crippen molar-refractivity contribution in [2.45, 2.75) is 110 Å². The Labute approximate surface area is 286 Å². The molecular formula is C38H46N4O7. The first-order valence-corrected chi connectivity index (χ1v) is 18.1. The Morgan fingerprint density at radius 3 is 2.49 bits per heavy atom. The number of hydrogen-bond donors (Lipinski definition) is 0. The Morgan fingerprint density at radius 1 is 1.00 bits per heavy atom. The minimum Gasteiger partial charge on any atom is -0.457 e. The van der Waals surface area contributed by atoms with Crippen molar-refractivity contribution >= 4 is 28.9 Å². The van der Waals surface area contributed by atoms with Crippen molar-refractivity contribution in [1.82, 2.24) is 19.4 Å². The highest BCUT2D eigenvalue weighted by Crippen LogP contribution is 2.42. The number of hydrogen-bond acceptors (Lipinski definition) is 9. The number of aryl methyl sites for hydroxylation is 1. The molecule has 1 amide bonds. The molecule has 7 rings (SSSR count). The third-order valence-corrected chi connectivity index (χ3v) is 11.0. The number of pyridine rings is 2. The monoisotopic (exact) mass is 670 g/mol. The standard InChI is InChI=1S/C38H46N4O7/c1-4-7-11-33(43)49-38(6-3)30-21-32-34-28(22-42(32)35(44)29(30)23-47-36(38)45)26(5-2)27-20-25(12-13-31(27)39-34)48-37(46)41-18-14-24(15-19-41)40-16-9-8-10-17-40/h12-13,20-21,24H,4-11,14-19,22-23H2,1-3H3/t38-/m0/s1. The van der Waals surface area contributed by atoms with E-state index in [9.17, 15) is 19.2 Å². The van der Waals surface area contributed by atoms with Gasteiger partial charge < -0.3 is 28.6 Å². The molecule has 0 N–H and O–H groups in total. The van der Waals surface area contributed by atoms with E-state index in [0.29, 0.717) is 72.3 Å². The number of ether oxygens (including phenoxy) is 3. The summed E-state index contributed by atoms with van der Waals surface area (Å²) in [6.45, 7) is 9.61. The van der Waals surface area contributed by atoms with Gasteiger partial charge in [-0.3, -0.25) is 9.59 Å². The van der Waals surface area contributed by atoms with Gasteiger partial charge in [0.25, 0.3) is 5.56 Å². The molecule has 2 saturated heterocycles. The van der Waals surface area contributed by atoms with Gasteiger partial charge in [-0.1, -0.05) is 33.6 Å². The average Bonchev–Trinajstić information content (AvgIpc) is 3.49. The van der Waals surface area contributed by atoms with Crippen LogP contribution in [-0.2, 0) is 44.2 Å². The fraction of sp³-hybridized carbons (Fsp3) is 0.553. The van der Waals surface area contributed by atoms with Gasteiger partial charge in [-0.2, -0.15) is 0 Å². The molecule has 260 valence electrons. The summed E-state index contributed by atoms with van der Waals surface area (Å²) in [7, 11) is 0. The van der Waals surface area contributed by atoms with Gasteiger partial charge in [0.2, 0.25) is 5.60 Å². The molecule has 2 aromatic heterocycles. The number of nitrogens with zero attached hydrogens (tertiary/aromatic N) is 4. The van der Waals surface area contributed by atoms with Gasteiger partial charge in [0, 0.05) is 42.1 Å². The quantitative estimate of drug-likeness (QED) is 0.213. The highest BCUT2D eigenvalue weighted by molar-refractivity contribution is 5.91. The summed E-state index contributed by atoms with van der Waals surface area (Å²) in [5.74, 6) is -0.696. The molecule has 0 aliphatic carbocycles. The van der Waals surface area contributed by atoms with Crippen molar-refractivity contribution in [2.75, 3.05) is 26.2 Å². The number of piperidine rings is 2. The summed E-state index contributed by atoms with van der Waals surface area (Å²) >= 11 is 0. The van der Waals surface area contributed by atoms with E-state index in [1.54, 1.807) is 23.6 Å². The van der Waals surface area contributed by atoms with E-state index in [-0.39, 0.29) is 31.1 Å². The van der Waals surface area contributed by atoms with Crippen molar-refractivity contribution in [3.05, 3.63) is 56.9 Å². The summed E-state index contributed by atoms with van der Waals surface area (Å²) in [5, 5.41) is 0.868. The highest BCUT2D eigenvalue weighted by Gasteiger charge is 2.50. The fourth-order valence-electron chi connectivity index (χ4n) is 8.19. The fourth-order valence-corrected chi connectivity index (χ4v) is 8.19. The lowest BCUT2D eigenvalue weighted by molar-refractivity contribution is -0.189. The number of carbonyl (C=O) groups is 3. The molecule has 1 atom stereocenters. The van der Waals surface area contributed by atoms with Crippen LogP contribution in [0.4, 0.5) is 4.79 Å². The average molecular weight is 671 g/mol. The van der Waals surface area contributed by atoms with Crippen molar-refractivity contribution in [1.29, 1.82) is 0 Å². The van der Waals surface area contributed by atoms with E-state index in [1.807, 2.05) is 24.0 Å². The van der Waals surface area contributed by atoms with Crippen molar-refractivity contribution in [2.24, 2.45) is 0 Å². The Balaban J connectivity index is 1.17. The molecule has 0 spiro atoms. The first-order valence-electron chi connectivity index (χ1n) is 18.1. The van der Waals surface area contributed by atoms with Crippen LogP contribution < -0.4 is 10.3 Å².